The lowest BCUT2D eigenvalue weighted by Gasteiger charge is -2.28. The lowest BCUT2D eigenvalue weighted by Crippen LogP contribution is -2.34. The van der Waals surface area contributed by atoms with Crippen LogP contribution in [0.5, 0.6) is 5.75 Å². The minimum absolute atomic E-state index is 0.000248. The van der Waals surface area contributed by atoms with Crippen LogP contribution < -0.4 is 15.4 Å². The maximum Gasteiger partial charge on any atom is 0.330 e. The molecule has 0 aliphatic rings. The first-order valence-electron chi connectivity index (χ1n) is 48.6. The molecule has 0 saturated carbocycles. The van der Waals surface area contributed by atoms with E-state index in [4.69, 9.17) is 28.4 Å². The molecule has 0 aliphatic carbocycles. The van der Waals surface area contributed by atoms with E-state index in [0.717, 1.165) is 113 Å². The molecule has 15 heteroatoms. The molecule has 4 unspecified atom stereocenters. The number of esters is 5. The highest BCUT2D eigenvalue weighted by Crippen LogP contribution is 2.36. The summed E-state index contributed by atoms with van der Waals surface area (Å²) >= 11 is 0. The second kappa shape index (κ2) is 84.5. The van der Waals surface area contributed by atoms with Gasteiger partial charge in [0.05, 0.1) is 13.2 Å². The quantitative estimate of drug-likeness (QED) is 0.0270. The van der Waals surface area contributed by atoms with Crippen molar-refractivity contribution in [1.29, 1.82) is 0 Å². The summed E-state index contributed by atoms with van der Waals surface area (Å²) in [6, 6.07) is 9.67. The number of rotatable bonds is 89. The summed E-state index contributed by atoms with van der Waals surface area (Å²) < 4.78 is 31.7. The molecule has 0 radical (unpaired) electrons. The molecule has 0 spiro atoms. The molecule has 1 aromatic rings. The first-order chi connectivity index (χ1) is 55.9. The third-order valence-corrected chi connectivity index (χ3v) is 23.4. The fourth-order valence-electron chi connectivity index (χ4n) is 16.3. The molecule has 0 bridgehead atoms. The van der Waals surface area contributed by atoms with E-state index in [9.17, 15) is 33.6 Å². The highest BCUT2D eigenvalue weighted by molar-refractivity contribution is 5.81. The van der Waals surface area contributed by atoms with Gasteiger partial charge < -0.3 is 39.1 Å². The lowest BCUT2D eigenvalue weighted by atomic mass is 9.78. The van der Waals surface area contributed by atoms with Gasteiger partial charge in [-0.25, -0.2) is 4.79 Å². The largest absolute Gasteiger partial charge is 0.490 e. The number of ether oxygens (including phenoxy) is 6. The monoisotopic (exact) mass is 1600 g/mol. The zero-order chi connectivity index (χ0) is 82.6. The van der Waals surface area contributed by atoms with E-state index in [1.165, 1.54) is 302 Å². The van der Waals surface area contributed by atoms with Crippen molar-refractivity contribution in [3.8, 4) is 5.75 Å². The summed E-state index contributed by atoms with van der Waals surface area (Å²) in [7, 11) is 0. The summed E-state index contributed by atoms with van der Waals surface area (Å²) in [5.41, 5.74) is 0. The molecular formula is C99H178N2O13. The van der Waals surface area contributed by atoms with Gasteiger partial charge in [0.1, 0.15) is 32.2 Å². The zero-order valence-electron chi connectivity index (χ0n) is 74.5. The molecule has 1 aromatic carbocycles. The van der Waals surface area contributed by atoms with E-state index in [-0.39, 0.29) is 55.3 Å². The minimum Gasteiger partial charge on any atom is -0.490 e. The van der Waals surface area contributed by atoms with Gasteiger partial charge in [-0.3, -0.25) is 28.8 Å². The van der Waals surface area contributed by atoms with E-state index >= 15 is 0 Å². The second-order valence-electron chi connectivity index (χ2n) is 33.6. The van der Waals surface area contributed by atoms with E-state index in [1.54, 1.807) is 0 Å². The van der Waals surface area contributed by atoms with Crippen LogP contribution in [0.4, 0.5) is 0 Å². The Kier molecular flexibility index (Phi) is 79.4. The van der Waals surface area contributed by atoms with Crippen LogP contribution >= 0.6 is 0 Å². The Morgan fingerprint density at radius 3 is 0.781 bits per heavy atom. The molecule has 1 rings (SSSR count). The highest BCUT2D eigenvalue weighted by Gasteiger charge is 2.23. The molecule has 0 saturated heterocycles. The fourth-order valence-corrected chi connectivity index (χ4v) is 16.3. The molecule has 4 atom stereocenters. The van der Waals surface area contributed by atoms with Gasteiger partial charge in [0, 0.05) is 57.7 Å². The highest BCUT2D eigenvalue weighted by atomic mass is 16.6. The number of hydrogen-bond acceptors (Lipinski definition) is 13. The van der Waals surface area contributed by atoms with Crippen molar-refractivity contribution in [2.24, 2.45) is 23.7 Å². The number of hydrogen-bond donors (Lipinski definition) is 2. The maximum absolute atomic E-state index is 12.8. The molecule has 0 aromatic heterocycles. The number of unbranched alkanes of at least 4 members (excludes halogenated alkanes) is 44. The van der Waals surface area contributed by atoms with Crippen LogP contribution in [0.3, 0.4) is 0 Å². The Bertz CT molecular complexity index is 2350. The van der Waals surface area contributed by atoms with Gasteiger partial charge >= 0.3 is 29.8 Å². The van der Waals surface area contributed by atoms with Crippen molar-refractivity contribution in [2.75, 3.05) is 52.7 Å². The first kappa shape index (κ1) is 107. The predicted octanol–water partition coefficient (Wildman–Crippen LogP) is 27.3. The van der Waals surface area contributed by atoms with Crippen LogP contribution in [0.15, 0.2) is 43.0 Å². The summed E-state index contributed by atoms with van der Waals surface area (Å²) in [5.74, 6) is 2.96. The number of nitrogens with one attached hydrogen (secondary N) is 2. The van der Waals surface area contributed by atoms with Crippen LogP contribution in [-0.2, 0) is 57.2 Å². The molecule has 662 valence electrons. The summed E-state index contributed by atoms with van der Waals surface area (Å²) in [6.07, 6.45) is 79.8. The Morgan fingerprint density at radius 2 is 0.500 bits per heavy atom. The summed E-state index contributed by atoms with van der Waals surface area (Å²) in [5, 5.41) is 6.13. The van der Waals surface area contributed by atoms with Crippen LogP contribution in [0.25, 0.3) is 0 Å². The molecule has 2 amide bonds. The van der Waals surface area contributed by atoms with Gasteiger partial charge in [-0.05, 0) is 100 Å². The SMILES string of the molecule is C=CC(=O)OCCOC(=O)CCCCCOC(=O)CCCCCOC(=O)CCCCCCCCC(CCCCCCCC)C(CCCCCCCC)CCCCCCCCC(=O)NCCNC(=O)CCCCCCCCC(CCCCCCCC)C(CCCCCCCC)CCCCCCCCC(=O)OCCOc1ccccc1. The van der Waals surface area contributed by atoms with Gasteiger partial charge in [0.2, 0.25) is 11.8 Å². The first-order valence-corrected chi connectivity index (χ1v) is 48.6. The van der Waals surface area contributed by atoms with E-state index < -0.39 is 5.97 Å². The van der Waals surface area contributed by atoms with E-state index in [1.807, 2.05) is 30.3 Å². The van der Waals surface area contributed by atoms with Gasteiger partial charge in [-0.2, -0.15) is 0 Å². The van der Waals surface area contributed by atoms with Crippen molar-refractivity contribution < 1.29 is 62.0 Å². The average molecular weight is 1600 g/mol. The topological polar surface area (TPSA) is 199 Å². The Hall–Kier alpha value is -4.95. The summed E-state index contributed by atoms with van der Waals surface area (Å²) in [6.45, 7) is 14.9. The van der Waals surface area contributed by atoms with E-state index in [0.29, 0.717) is 90.9 Å². The normalized spacial score (nSPS) is 12.4. The second-order valence-corrected chi connectivity index (χ2v) is 33.6. The molecule has 0 aliphatic heterocycles. The third kappa shape index (κ3) is 73.4. The Morgan fingerprint density at radius 1 is 0.272 bits per heavy atom. The Labute approximate surface area is 700 Å². The minimum atomic E-state index is -0.554. The molecule has 0 fully saturated rings. The molecule has 0 heterocycles. The molecule has 15 nitrogen and oxygen atoms in total. The average Bonchev–Trinajstić information content (AvgIpc) is 0.918. The van der Waals surface area contributed by atoms with E-state index in [2.05, 4.69) is 44.9 Å². The van der Waals surface area contributed by atoms with Crippen LogP contribution in [0, 0.1) is 23.7 Å². The van der Waals surface area contributed by atoms with Crippen molar-refractivity contribution >= 4 is 41.7 Å². The summed E-state index contributed by atoms with van der Waals surface area (Å²) in [4.78, 5) is 85.4. The van der Waals surface area contributed by atoms with Crippen LogP contribution in [-0.4, -0.2) is 94.4 Å². The maximum atomic E-state index is 12.8. The van der Waals surface area contributed by atoms with Crippen molar-refractivity contribution in [1.82, 2.24) is 10.6 Å². The number of benzene rings is 1. The predicted molar refractivity (Wildman–Crippen MR) is 474 cm³/mol. The number of para-hydroxylation sites is 1. The van der Waals surface area contributed by atoms with Crippen LogP contribution in [0.1, 0.15) is 464 Å². The smallest absolute Gasteiger partial charge is 0.330 e. The number of amides is 2. The number of carbonyl (C=O) groups excluding carboxylic acids is 7. The van der Waals surface area contributed by atoms with Crippen LogP contribution in [0.2, 0.25) is 0 Å². The van der Waals surface area contributed by atoms with Crippen molar-refractivity contribution in [2.45, 2.75) is 464 Å². The van der Waals surface area contributed by atoms with Gasteiger partial charge in [0.15, 0.2) is 0 Å². The van der Waals surface area contributed by atoms with Gasteiger partial charge in [0.25, 0.3) is 0 Å². The third-order valence-electron chi connectivity index (χ3n) is 23.4. The van der Waals surface area contributed by atoms with Gasteiger partial charge in [-0.1, -0.05) is 386 Å². The molecule has 114 heavy (non-hydrogen) atoms. The van der Waals surface area contributed by atoms with Crippen molar-refractivity contribution in [3.05, 3.63) is 43.0 Å². The molecular weight excluding hydrogens is 1430 g/mol. The standard InChI is InChI=1S/C99H178N2O13/c1-6-11-15-19-31-46-64-88(90(66-48-33-21-17-13-8-3)70-52-37-25-29-41-58-76-96(105)110-82-62-44-60-78-97(106)111-83-63-45-61-79-99(108)114-87-86-112-95(104)10-5)68-50-35-23-27-39-56-74-93(102)100-80-81-101-94(103)75-57-40-28-24-36-51-69-89(65-47-32-20-16-12-7-2)91(67-49-34-22-18-14-9-4)71-53-38-26-30-42-59-77-98(107)113-85-84-109-92-72-54-43-55-73-92/h10,43,54-55,72-73,88-91H,5-9,11-42,44-53,56-71,74-87H2,1-4H3,(H,100,102)(H,101,103). The zero-order valence-corrected chi connectivity index (χ0v) is 74.5. The fraction of sp³-hybridized carbons (Fsp3) is 0.848. The molecule has 2 N–H and O–H groups in total. The van der Waals surface area contributed by atoms with Gasteiger partial charge in [-0.15, -0.1) is 0 Å². The number of carbonyl (C=O) groups is 7. The Balaban J connectivity index is 2.41. The van der Waals surface area contributed by atoms with Crippen molar-refractivity contribution in [3.63, 3.8) is 0 Å². The lowest BCUT2D eigenvalue weighted by molar-refractivity contribution is -0.149.